The quantitative estimate of drug-likeness (QED) is 0.939. The summed E-state index contributed by atoms with van der Waals surface area (Å²) in [5.74, 6) is -0.116. The molecule has 0 saturated heterocycles. The number of halogens is 1. The minimum absolute atomic E-state index is 0.116. The fourth-order valence-electron chi connectivity index (χ4n) is 1.70. The standard InChI is InChI=1S/C13H15BrN4O/c1-3-18-8-10(14)4-12(18)13(19)17-7-11-6-15-9(2)5-16-11/h4-6,8H,3,7H2,1-2H3,(H,17,19). The number of hydrogen-bond acceptors (Lipinski definition) is 3. The van der Waals surface area contributed by atoms with Gasteiger partial charge in [-0.05, 0) is 35.8 Å². The fraction of sp³-hybridized carbons (Fsp3) is 0.308. The maximum Gasteiger partial charge on any atom is 0.268 e. The van der Waals surface area contributed by atoms with Crippen LogP contribution in [0.2, 0.25) is 0 Å². The summed E-state index contributed by atoms with van der Waals surface area (Å²) in [4.78, 5) is 20.4. The van der Waals surface area contributed by atoms with Crippen molar-refractivity contribution in [2.45, 2.75) is 26.9 Å². The van der Waals surface area contributed by atoms with Gasteiger partial charge in [0, 0.05) is 23.4 Å². The number of nitrogens with zero attached hydrogens (tertiary/aromatic N) is 3. The van der Waals surface area contributed by atoms with Crippen molar-refractivity contribution < 1.29 is 4.79 Å². The van der Waals surface area contributed by atoms with E-state index in [0.717, 1.165) is 22.4 Å². The Morgan fingerprint density at radius 2 is 2.21 bits per heavy atom. The highest BCUT2D eigenvalue weighted by Crippen LogP contribution is 2.14. The summed E-state index contributed by atoms with van der Waals surface area (Å²) in [6, 6.07) is 1.81. The second kappa shape index (κ2) is 5.97. The van der Waals surface area contributed by atoms with Gasteiger partial charge in [0.1, 0.15) is 5.69 Å². The first kappa shape index (κ1) is 13.7. The molecule has 1 amide bonds. The Bertz CT molecular complexity index is 577. The van der Waals surface area contributed by atoms with Gasteiger partial charge in [-0.15, -0.1) is 0 Å². The highest BCUT2D eigenvalue weighted by atomic mass is 79.9. The third kappa shape index (κ3) is 3.41. The van der Waals surface area contributed by atoms with E-state index in [1.54, 1.807) is 18.5 Å². The van der Waals surface area contributed by atoms with E-state index in [1.165, 1.54) is 0 Å². The van der Waals surface area contributed by atoms with Crippen molar-refractivity contribution in [3.63, 3.8) is 0 Å². The van der Waals surface area contributed by atoms with Crippen LogP contribution in [-0.4, -0.2) is 20.4 Å². The summed E-state index contributed by atoms with van der Waals surface area (Å²) in [7, 11) is 0. The Labute approximate surface area is 120 Å². The van der Waals surface area contributed by atoms with Gasteiger partial charge in [-0.25, -0.2) is 0 Å². The summed E-state index contributed by atoms with van der Waals surface area (Å²) in [6.07, 6.45) is 5.25. The molecule has 2 aromatic heterocycles. The normalized spacial score (nSPS) is 10.5. The molecule has 6 heteroatoms. The van der Waals surface area contributed by atoms with E-state index in [1.807, 2.05) is 24.6 Å². The first-order valence-corrected chi connectivity index (χ1v) is 6.81. The van der Waals surface area contributed by atoms with E-state index in [2.05, 4.69) is 31.2 Å². The molecular weight excluding hydrogens is 308 g/mol. The van der Waals surface area contributed by atoms with Crippen molar-refractivity contribution in [3.05, 3.63) is 46.2 Å². The zero-order valence-corrected chi connectivity index (χ0v) is 12.4. The molecule has 100 valence electrons. The van der Waals surface area contributed by atoms with E-state index in [9.17, 15) is 4.79 Å². The molecule has 2 aromatic rings. The van der Waals surface area contributed by atoms with Crippen molar-refractivity contribution in [2.75, 3.05) is 0 Å². The van der Waals surface area contributed by atoms with Gasteiger partial charge >= 0.3 is 0 Å². The largest absolute Gasteiger partial charge is 0.345 e. The molecule has 0 radical (unpaired) electrons. The zero-order valence-electron chi connectivity index (χ0n) is 10.9. The van der Waals surface area contributed by atoms with Crippen LogP contribution in [0.4, 0.5) is 0 Å². The van der Waals surface area contributed by atoms with Gasteiger partial charge in [0.05, 0.1) is 24.1 Å². The number of hydrogen-bond donors (Lipinski definition) is 1. The van der Waals surface area contributed by atoms with Gasteiger partial charge in [0.25, 0.3) is 5.91 Å². The number of carbonyl (C=O) groups excluding carboxylic acids is 1. The first-order chi connectivity index (χ1) is 9.10. The highest BCUT2D eigenvalue weighted by molar-refractivity contribution is 9.10. The van der Waals surface area contributed by atoms with Crippen molar-refractivity contribution in [1.82, 2.24) is 19.9 Å². The summed E-state index contributed by atoms with van der Waals surface area (Å²) in [5.41, 5.74) is 2.24. The molecule has 0 aliphatic carbocycles. The molecule has 0 aliphatic rings. The summed E-state index contributed by atoms with van der Waals surface area (Å²) >= 11 is 3.37. The molecule has 0 unspecified atom stereocenters. The maximum atomic E-state index is 12.1. The van der Waals surface area contributed by atoms with Crippen LogP contribution in [0.3, 0.4) is 0 Å². The molecule has 19 heavy (non-hydrogen) atoms. The Kier molecular flexibility index (Phi) is 4.31. The van der Waals surface area contributed by atoms with Crippen LogP contribution in [0.1, 0.15) is 28.8 Å². The number of amides is 1. The van der Waals surface area contributed by atoms with Crippen LogP contribution in [0.15, 0.2) is 29.1 Å². The average molecular weight is 323 g/mol. The lowest BCUT2D eigenvalue weighted by atomic mass is 10.3. The number of carbonyl (C=O) groups is 1. The molecule has 1 N–H and O–H groups in total. The van der Waals surface area contributed by atoms with Gasteiger partial charge < -0.3 is 9.88 Å². The minimum atomic E-state index is -0.116. The number of rotatable bonds is 4. The maximum absolute atomic E-state index is 12.1. The molecule has 0 saturated carbocycles. The van der Waals surface area contributed by atoms with Gasteiger partial charge in [-0.1, -0.05) is 0 Å². The van der Waals surface area contributed by atoms with Crippen LogP contribution in [0, 0.1) is 6.92 Å². The Hall–Kier alpha value is -1.69. The molecule has 2 rings (SSSR count). The lowest BCUT2D eigenvalue weighted by Crippen LogP contribution is -2.25. The lowest BCUT2D eigenvalue weighted by molar-refractivity contribution is 0.0941. The minimum Gasteiger partial charge on any atom is -0.345 e. The lowest BCUT2D eigenvalue weighted by Gasteiger charge is -2.07. The molecule has 0 aromatic carbocycles. The summed E-state index contributed by atoms with van der Waals surface area (Å²) in [5, 5.41) is 2.84. The molecule has 5 nitrogen and oxygen atoms in total. The number of aromatic nitrogens is 3. The molecule has 2 heterocycles. The van der Waals surface area contributed by atoms with Crippen molar-refractivity contribution in [2.24, 2.45) is 0 Å². The highest BCUT2D eigenvalue weighted by Gasteiger charge is 2.12. The summed E-state index contributed by atoms with van der Waals surface area (Å²) in [6.45, 7) is 4.99. The Balaban J connectivity index is 2.03. The number of nitrogens with one attached hydrogen (secondary N) is 1. The van der Waals surface area contributed by atoms with E-state index >= 15 is 0 Å². The second-order valence-corrected chi connectivity index (χ2v) is 5.08. The van der Waals surface area contributed by atoms with E-state index < -0.39 is 0 Å². The van der Waals surface area contributed by atoms with Crippen molar-refractivity contribution in [3.8, 4) is 0 Å². The predicted molar refractivity (Wildman–Crippen MR) is 75.7 cm³/mol. The Morgan fingerprint density at radius 3 is 2.84 bits per heavy atom. The van der Waals surface area contributed by atoms with Gasteiger partial charge in [0.15, 0.2) is 0 Å². The Morgan fingerprint density at radius 1 is 1.42 bits per heavy atom. The first-order valence-electron chi connectivity index (χ1n) is 6.01. The third-order valence-corrected chi connectivity index (χ3v) is 3.13. The summed E-state index contributed by atoms with van der Waals surface area (Å²) < 4.78 is 2.79. The van der Waals surface area contributed by atoms with E-state index in [-0.39, 0.29) is 5.91 Å². The topological polar surface area (TPSA) is 59.8 Å². The molecule has 0 fully saturated rings. The molecule has 0 spiro atoms. The molecule has 0 bridgehead atoms. The smallest absolute Gasteiger partial charge is 0.268 e. The van der Waals surface area contributed by atoms with E-state index in [0.29, 0.717) is 12.2 Å². The molecular formula is C13H15BrN4O. The van der Waals surface area contributed by atoms with E-state index in [4.69, 9.17) is 0 Å². The average Bonchev–Trinajstić information content (AvgIpc) is 2.79. The van der Waals surface area contributed by atoms with Crippen molar-refractivity contribution in [1.29, 1.82) is 0 Å². The third-order valence-electron chi connectivity index (χ3n) is 2.70. The predicted octanol–water partition coefficient (Wildman–Crippen LogP) is 2.30. The fourth-order valence-corrected chi connectivity index (χ4v) is 2.16. The van der Waals surface area contributed by atoms with Crippen LogP contribution >= 0.6 is 15.9 Å². The van der Waals surface area contributed by atoms with Crippen LogP contribution in [0.5, 0.6) is 0 Å². The number of aryl methyl sites for hydroxylation is 2. The monoisotopic (exact) mass is 322 g/mol. The molecule has 0 atom stereocenters. The van der Waals surface area contributed by atoms with Crippen LogP contribution in [-0.2, 0) is 13.1 Å². The second-order valence-electron chi connectivity index (χ2n) is 4.16. The van der Waals surface area contributed by atoms with Gasteiger partial charge in [-0.2, -0.15) is 0 Å². The van der Waals surface area contributed by atoms with Gasteiger partial charge in [-0.3, -0.25) is 14.8 Å². The van der Waals surface area contributed by atoms with Gasteiger partial charge in [0.2, 0.25) is 0 Å². The van der Waals surface area contributed by atoms with Crippen molar-refractivity contribution >= 4 is 21.8 Å². The van der Waals surface area contributed by atoms with Crippen LogP contribution in [0.25, 0.3) is 0 Å². The zero-order chi connectivity index (χ0) is 13.8. The SMILES string of the molecule is CCn1cc(Br)cc1C(=O)NCc1cnc(C)cn1. The molecule has 0 aliphatic heterocycles. The van der Waals surface area contributed by atoms with Crippen LogP contribution < -0.4 is 5.32 Å².